The molecule has 6 heteroatoms. The second-order valence-electron chi connectivity index (χ2n) is 5.97. The predicted octanol–water partition coefficient (Wildman–Crippen LogP) is 2.40. The van der Waals surface area contributed by atoms with Gasteiger partial charge >= 0.3 is 0 Å². The molecule has 0 aliphatic carbocycles. The molecule has 0 bridgehead atoms. The minimum atomic E-state index is -0.195. The van der Waals surface area contributed by atoms with E-state index in [-0.39, 0.29) is 24.8 Å². The van der Waals surface area contributed by atoms with Crippen LogP contribution in [0.25, 0.3) is 0 Å². The van der Waals surface area contributed by atoms with Gasteiger partial charge in [-0.05, 0) is 36.2 Å². The number of carbonyl (C=O) groups excluding carboxylic acids is 2. The molecule has 134 valence electrons. The van der Waals surface area contributed by atoms with Gasteiger partial charge in [0.25, 0.3) is 0 Å². The van der Waals surface area contributed by atoms with Gasteiger partial charge in [0.05, 0.1) is 11.3 Å². The molecule has 0 atom stereocenters. The van der Waals surface area contributed by atoms with Crippen molar-refractivity contribution in [3.8, 4) is 6.07 Å². The summed E-state index contributed by atoms with van der Waals surface area (Å²) in [5, 5.41) is 9.23. The van der Waals surface area contributed by atoms with E-state index in [0.717, 1.165) is 12.0 Å². The summed E-state index contributed by atoms with van der Waals surface area (Å²) in [6.45, 7) is 2.27. The Balaban J connectivity index is 1.95. The molecule has 0 aliphatic rings. The zero-order valence-electron chi connectivity index (χ0n) is 15.1. The van der Waals surface area contributed by atoms with E-state index in [1.165, 1.54) is 11.8 Å². The van der Waals surface area contributed by atoms with E-state index in [1.54, 1.807) is 48.6 Å². The maximum Gasteiger partial charge on any atom is 0.224 e. The molecule has 2 aromatic rings. The first-order chi connectivity index (χ1) is 12.5. The van der Waals surface area contributed by atoms with Crippen molar-refractivity contribution in [2.45, 2.75) is 19.8 Å². The van der Waals surface area contributed by atoms with E-state index in [2.05, 4.69) is 11.1 Å². The van der Waals surface area contributed by atoms with Crippen LogP contribution in [0.2, 0.25) is 0 Å². The molecule has 1 aromatic carbocycles. The SMILES string of the molecule is CC(=O)N(CCC(=O)N(C)CCc1ccncc1)c1ccccc1C#N. The van der Waals surface area contributed by atoms with E-state index in [4.69, 9.17) is 0 Å². The number of para-hydroxylation sites is 1. The molecule has 1 aromatic heterocycles. The highest BCUT2D eigenvalue weighted by Crippen LogP contribution is 2.20. The number of anilines is 1. The molecule has 6 nitrogen and oxygen atoms in total. The molecule has 0 fully saturated rings. The second kappa shape index (κ2) is 9.33. The van der Waals surface area contributed by atoms with Crippen LogP contribution in [-0.2, 0) is 16.0 Å². The van der Waals surface area contributed by atoms with Crippen LogP contribution >= 0.6 is 0 Å². The van der Waals surface area contributed by atoms with Crippen LogP contribution in [0.15, 0.2) is 48.8 Å². The maximum absolute atomic E-state index is 12.4. The summed E-state index contributed by atoms with van der Waals surface area (Å²) >= 11 is 0. The van der Waals surface area contributed by atoms with Crippen molar-refractivity contribution in [3.63, 3.8) is 0 Å². The Morgan fingerprint density at radius 3 is 2.46 bits per heavy atom. The van der Waals surface area contributed by atoms with E-state index in [9.17, 15) is 14.9 Å². The Bertz CT molecular complexity index is 799. The van der Waals surface area contributed by atoms with Crippen molar-refractivity contribution in [2.24, 2.45) is 0 Å². The molecular formula is C20H22N4O2. The summed E-state index contributed by atoms with van der Waals surface area (Å²) in [5.74, 6) is -0.236. The molecule has 26 heavy (non-hydrogen) atoms. The van der Waals surface area contributed by atoms with E-state index < -0.39 is 0 Å². The van der Waals surface area contributed by atoms with Crippen LogP contribution in [0.1, 0.15) is 24.5 Å². The third-order valence-corrected chi connectivity index (χ3v) is 4.16. The van der Waals surface area contributed by atoms with Crippen molar-refractivity contribution in [3.05, 3.63) is 59.9 Å². The Kier molecular flexibility index (Phi) is 6.86. The lowest BCUT2D eigenvalue weighted by atomic mass is 10.1. The first kappa shape index (κ1) is 19.1. The molecule has 0 saturated carbocycles. The highest BCUT2D eigenvalue weighted by molar-refractivity contribution is 5.93. The zero-order valence-corrected chi connectivity index (χ0v) is 15.1. The fourth-order valence-electron chi connectivity index (χ4n) is 2.62. The zero-order chi connectivity index (χ0) is 18.9. The van der Waals surface area contributed by atoms with Crippen LogP contribution in [0.3, 0.4) is 0 Å². The minimum Gasteiger partial charge on any atom is -0.345 e. The number of pyridine rings is 1. The summed E-state index contributed by atoms with van der Waals surface area (Å²) < 4.78 is 0. The standard InChI is InChI=1S/C20H22N4O2/c1-16(25)24(19-6-4-3-5-18(19)15-21)14-10-20(26)23(2)13-9-17-7-11-22-12-8-17/h3-8,11-12H,9-10,13-14H2,1-2H3. The van der Waals surface area contributed by atoms with Crippen molar-refractivity contribution in [1.82, 2.24) is 9.88 Å². The minimum absolute atomic E-state index is 0.0419. The Hall–Kier alpha value is -3.20. The Labute approximate surface area is 153 Å². The van der Waals surface area contributed by atoms with Crippen molar-refractivity contribution < 1.29 is 9.59 Å². The summed E-state index contributed by atoms with van der Waals surface area (Å²) in [5.41, 5.74) is 2.07. The monoisotopic (exact) mass is 350 g/mol. The van der Waals surface area contributed by atoms with Gasteiger partial charge in [-0.1, -0.05) is 12.1 Å². The number of hydrogen-bond donors (Lipinski definition) is 0. The largest absolute Gasteiger partial charge is 0.345 e. The van der Waals surface area contributed by atoms with Gasteiger partial charge in [0.2, 0.25) is 11.8 Å². The number of aromatic nitrogens is 1. The van der Waals surface area contributed by atoms with Crippen LogP contribution < -0.4 is 4.90 Å². The number of rotatable bonds is 7. The number of nitriles is 1. The van der Waals surface area contributed by atoms with Crippen LogP contribution in [-0.4, -0.2) is 41.8 Å². The number of nitrogens with zero attached hydrogens (tertiary/aromatic N) is 4. The first-order valence-corrected chi connectivity index (χ1v) is 8.43. The number of amides is 2. The number of hydrogen-bond acceptors (Lipinski definition) is 4. The maximum atomic E-state index is 12.4. The van der Waals surface area contributed by atoms with Gasteiger partial charge in [0.1, 0.15) is 6.07 Å². The summed E-state index contributed by atoms with van der Waals surface area (Å²) in [6, 6.07) is 12.8. The highest BCUT2D eigenvalue weighted by Gasteiger charge is 2.17. The lowest BCUT2D eigenvalue weighted by Gasteiger charge is -2.24. The summed E-state index contributed by atoms with van der Waals surface area (Å²) in [7, 11) is 1.75. The van der Waals surface area contributed by atoms with Crippen LogP contribution in [0, 0.1) is 11.3 Å². The Morgan fingerprint density at radius 1 is 1.12 bits per heavy atom. The van der Waals surface area contributed by atoms with Gasteiger partial charge < -0.3 is 9.80 Å². The summed E-state index contributed by atoms with van der Waals surface area (Å²) in [6.07, 6.45) is 4.41. The topological polar surface area (TPSA) is 77.3 Å². The predicted molar refractivity (Wildman–Crippen MR) is 99.4 cm³/mol. The molecule has 2 amide bonds. The highest BCUT2D eigenvalue weighted by atomic mass is 16.2. The van der Waals surface area contributed by atoms with E-state index >= 15 is 0 Å². The molecule has 2 rings (SSSR count). The van der Waals surface area contributed by atoms with Crippen LogP contribution in [0.5, 0.6) is 0 Å². The third kappa shape index (κ3) is 5.15. The van der Waals surface area contributed by atoms with Gasteiger partial charge in [-0.15, -0.1) is 0 Å². The summed E-state index contributed by atoms with van der Waals surface area (Å²) in [4.78, 5) is 31.5. The lowest BCUT2D eigenvalue weighted by Crippen LogP contribution is -2.35. The third-order valence-electron chi connectivity index (χ3n) is 4.16. The molecule has 0 radical (unpaired) electrons. The van der Waals surface area contributed by atoms with Crippen molar-refractivity contribution in [2.75, 3.05) is 25.0 Å². The lowest BCUT2D eigenvalue weighted by molar-refractivity contribution is -0.129. The van der Waals surface area contributed by atoms with E-state index in [1.807, 2.05) is 12.1 Å². The van der Waals surface area contributed by atoms with Gasteiger partial charge in [0.15, 0.2) is 0 Å². The Morgan fingerprint density at radius 2 is 1.81 bits per heavy atom. The van der Waals surface area contributed by atoms with Gasteiger partial charge in [-0.25, -0.2) is 0 Å². The van der Waals surface area contributed by atoms with E-state index in [0.29, 0.717) is 17.8 Å². The van der Waals surface area contributed by atoms with Crippen molar-refractivity contribution in [1.29, 1.82) is 5.26 Å². The number of benzene rings is 1. The fourth-order valence-corrected chi connectivity index (χ4v) is 2.62. The molecule has 0 N–H and O–H groups in total. The van der Waals surface area contributed by atoms with Gasteiger partial charge in [-0.3, -0.25) is 14.6 Å². The molecule has 0 saturated heterocycles. The average molecular weight is 350 g/mol. The number of likely N-dealkylation sites (N-methyl/N-ethyl adjacent to an activating group) is 1. The average Bonchev–Trinajstić information content (AvgIpc) is 2.67. The fraction of sp³-hybridized carbons (Fsp3) is 0.300. The smallest absolute Gasteiger partial charge is 0.224 e. The molecule has 1 heterocycles. The van der Waals surface area contributed by atoms with Crippen LogP contribution in [0.4, 0.5) is 5.69 Å². The second-order valence-corrected chi connectivity index (χ2v) is 5.97. The number of carbonyl (C=O) groups is 2. The molecular weight excluding hydrogens is 328 g/mol. The molecule has 0 aliphatic heterocycles. The van der Waals surface area contributed by atoms with Gasteiger partial charge in [0, 0.05) is 45.9 Å². The van der Waals surface area contributed by atoms with Crippen molar-refractivity contribution >= 4 is 17.5 Å². The normalized spacial score (nSPS) is 10.0. The van der Waals surface area contributed by atoms with Gasteiger partial charge in [-0.2, -0.15) is 5.26 Å². The quantitative estimate of drug-likeness (QED) is 0.768. The molecule has 0 unspecified atom stereocenters. The molecule has 0 spiro atoms. The first-order valence-electron chi connectivity index (χ1n) is 8.43.